The highest BCUT2D eigenvalue weighted by Crippen LogP contribution is 2.32. The first-order valence-electron chi connectivity index (χ1n) is 5.66. The quantitative estimate of drug-likeness (QED) is 0.828. The molecule has 17 heavy (non-hydrogen) atoms. The van der Waals surface area contributed by atoms with Gasteiger partial charge in [0.1, 0.15) is 0 Å². The number of benzene rings is 1. The smallest absolute Gasteiger partial charge is 0.382 e. The van der Waals surface area contributed by atoms with E-state index in [-0.39, 0.29) is 6.04 Å². The SMILES string of the molecule is Cc1ccc(C(F)(F)F)cc1NC(C)C(C)C. The van der Waals surface area contributed by atoms with Crippen LogP contribution in [0.1, 0.15) is 31.9 Å². The molecule has 0 aliphatic rings. The number of hydrogen-bond acceptors (Lipinski definition) is 1. The standard InChI is InChI=1S/C13H18F3N/c1-8(2)10(4)17-12-7-11(13(14,15)16)6-5-9(12)3/h5-8,10,17H,1-4H3. The summed E-state index contributed by atoms with van der Waals surface area (Å²) in [5, 5.41) is 3.12. The van der Waals surface area contributed by atoms with Crippen molar-refractivity contribution in [3.8, 4) is 0 Å². The van der Waals surface area contributed by atoms with Crippen LogP contribution in [0, 0.1) is 12.8 Å². The molecule has 0 amide bonds. The molecule has 0 aliphatic heterocycles. The Morgan fingerprint density at radius 3 is 2.18 bits per heavy atom. The molecule has 0 bridgehead atoms. The van der Waals surface area contributed by atoms with E-state index in [0.29, 0.717) is 11.6 Å². The zero-order chi connectivity index (χ0) is 13.2. The maximum atomic E-state index is 12.6. The summed E-state index contributed by atoms with van der Waals surface area (Å²) in [5.74, 6) is 0.365. The first-order chi connectivity index (χ1) is 7.71. The largest absolute Gasteiger partial charge is 0.416 e. The molecule has 96 valence electrons. The number of alkyl halides is 3. The van der Waals surface area contributed by atoms with Crippen LogP contribution >= 0.6 is 0 Å². The van der Waals surface area contributed by atoms with Crippen LogP contribution in [0.2, 0.25) is 0 Å². The Morgan fingerprint density at radius 1 is 1.12 bits per heavy atom. The van der Waals surface area contributed by atoms with Crippen molar-refractivity contribution in [2.75, 3.05) is 5.32 Å². The second-order valence-electron chi connectivity index (χ2n) is 4.70. The molecular weight excluding hydrogens is 227 g/mol. The van der Waals surface area contributed by atoms with E-state index in [2.05, 4.69) is 5.32 Å². The van der Waals surface area contributed by atoms with Crippen molar-refractivity contribution < 1.29 is 13.2 Å². The van der Waals surface area contributed by atoms with Gasteiger partial charge < -0.3 is 5.32 Å². The Hall–Kier alpha value is -1.19. The molecule has 1 rings (SSSR count). The monoisotopic (exact) mass is 245 g/mol. The fourth-order valence-corrected chi connectivity index (χ4v) is 1.37. The van der Waals surface area contributed by atoms with Gasteiger partial charge in [-0.05, 0) is 37.5 Å². The Kier molecular flexibility index (Phi) is 4.07. The van der Waals surface area contributed by atoms with Crippen molar-refractivity contribution >= 4 is 5.69 Å². The molecule has 1 unspecified atom stereocenters. The summed E-state index contributed by atoms with van der Waals surface area (Å²) < 4.78 is 37.7. The molecule has 0 heterocycles. The van der Waals surface area contributed by atoms with Gasteiger partial charge in [0.15, 0.2) is 0 Å². The lowest BCUT2D eigenvalue weighted by Crippen LogP contribution is -2.22. The van der Waals surface area contributed by atoms with E-state index in [4.69, 9.17) is 0 Å². The normalized spacial score (nSPS) is 13.9. The lowest BCUT2D eigenvalue weighted by atomic mass is 10.0. The molecule has 1 atom stereocenters. The van der Waals surface area contributed by atoms with E-state index in [1.807, 2.05) is 20.8 Å². The topological polar surface area (TPSA) is 12.0 Å². The highest BCUT2D eigenvalue weighted by molar-refractivity contribution is 5.53. The fraction of sp³-hybridized carbons (Fsp3) is 0.538. The first-order valence-corrected chi connectivity index (χ1v) is 5.66. The van der Waals surface area contributed by atoms with Gasteiger partial charge in [0.05, 0.1) is 5.56 Å². The Labute approximate surface area is 100 Å². The van der Waals surface area contributed by atoms with Gasteiger partial charge in [0.25, 0.3) is 0 Å². The van der Waals surface area contributed by atoms with E-state index >= 15 is 0 Å². The second-order valence-corrected chi connectivity index (χ2v) is 4.70. The van der Waals surface area contributed by atoms with Crippen molar-refractivity contribution in [1.82, 2.24) is 0 Å². The zero-order valence-electron chi connectivity index (χ0n) is 10.5. The molecule has 0 radical (unpaired) electrons. The molecule has 0 aliphatic carbocycles. The maximum absolute atomic E-state index is 12.6. The summed E-state index contributed by atoms with van der Waals surface area (Å²) in [6, 6.07) is 3.92. The van der Waals surface area contributed by atoms with E-state index in [0.717, 1.165) is 11.6 Å². The lowest BCUT2D eigenvalue weighted by Gasteiger charge is -2.21. The molecule has 1 N–H and O–H groups in total. The summed E-state index contributed by atoms with van der Waals surface area (Å²) in [6.45, 7) is 7.82. The summed E-state index contributed by atoms with van der Waals surface area (Å²) in [6.07, 6.45) is -4.29. The molecule has 1 aromatic rings. The number of rotatable bonds is 3. The zero-order valence-corrected chi connectivity index (χ0v) is 10.5. The van der Waals surface area contributed by atoms with Crippen LogP contribution in [-0.2, 0) is 6.18 Å². The highest BCUT2D eigenvalue weighted by atomic mass is 19.4. The van der Waals surface area contributed by atoms with Crippen LogP contribution in [0.3, 0.4) is 0 Å². The fourth-order valence-electron chi connectivity index (χ4n) is 1.37. The van der Waals surface area contributed by atoms with Crippen molar-refractivity contribution in [2.45, 2.75) is 39.9 Å². The first kappa shape index (κ1) is 13.9. The lowest BCUT2D eigenvalue weighted by molar-refractivity contribution is -0.137. The Bertz CT molecular complexity index is 383. The third-order valence-electron chi connectivity index (χ3n) is 2.95. The molecular formula is C13H18F3N. The summed E-state index contributed by atoms with van der Waals surface area (Å²) in [4.78, 5) is 0. The van der Waals surface area contributed by atoms with Gasteiger partial charge >= 0.3 is 6.18 Å². The average molecular weight is 245 g/mol. The van der Waals surface area contributed by atoms with E-state index in [9.17, 15) is 13.2 Å². The molecule has 1 nitrogen and oxygen atoms in total. The van der Waals surface area contributed by atoms with Crippen LogP contribution in [0.25, 0.3) is 0 Å². The second kappa shape index (κ2) is 4.98. The molecule has 4 heteroatoms. The Balaban J connectivity index is 2.99. The van der Waals surface area contributed by atoms with Crippen LogP contribution in [-0.4, -0.2) is 6.04 Å². The predicted octanol–water partition coefficient (Wildman–Crippen LogP) is 4.47. The Morgan fingerprint density at radius 2 is 1.71 bits per heavy atom. The minimum Gasteiger partial charge on any atom is -0.382 e. The molecule has 0 saturated heterocycles. The third-order valence-corrected chi connectivity index (χ3v) is 2.95. The van der Waals surface area contributed by atoms with Crippen molar-refractivity contribution in [3.63, 3.8) is 0 Å². The maximum Gasteiger partial charge on any atom is 0.416 e. The third kappa shape index (κ3) is 3.65. The summed E-state index contributed by atoms with van der Waals surface area (Å²) in [7, 11) is 0. The summed E-state index contributed by atoms with van der Waals surface area (Å²) in [5.41, 5.74) is 0.771. The van der Waals surface area contributed by atoms with Gasteiger partial charge in [0.2, 0.25) is 0 Å². The highest BCUT2D eigenvalue weighted by Gasteiger charge is 2.30. The van der Waals surface area contributed by atoms with E-state index < -0.39 is 11.7 Å². The van der Waals surface area contributed by atoms with Crippen LogP contribution in [0.4, 0.5) is 18.9 Å². The van der Waals surface area contributed by atoms with Crippen LogP contribution < -0.4 is 5.32 Å². The minimum absolute atomic E-state index is 0.136. The number of anilines is 1. The van der Waals surface area contributed by atoms with E-state index in [1.165, 1.54) is 12.1 Å². The molecule has 0 saturated carbocycles. The molecule has 1 aromatic carbocycles. The van der Waals surface area contributed by atoms with Gasteiger partial charge in [-0.1, -0.05) is 19.9 Å². The van der Waals surface area contributed by atoms with Gasteiger partial charge in [-0.25, -0.2) is 0 Å². The molecule has 0 spiro atoms. The number of hydrogen-bond donors (Lipinski definition) is 1. The van der Waals surface area contributed by atoms with Crippen LogP contribution in [0.5, 0.6) is 0 Å². The molecule has 0 fully saturated rings. The van der Waals surface area contributed by atoms with Gasteiger partial charge in [-0.2, -0.15) is 13.2 Å². The molecule has 0 aromatic heterocycles. The van der Waals surface area contributed by atoms with Crippen molar-refractivity contribution in [3.05, 3.63) is 29.3 Å². The van der Waals surface area contributed by atoms with Gasteiger partial charge in [-0.15, -0.1) is 0 Å². The van der Waals surface area contributed by atoms with Gasteiger partial charge in [0, 0.05) is 11.7 Å². The van der Waals surface area contributed by atoms with E-state index in [1.54, 1.807) is 6.92 Å². The van der Waals surface area contributed by atoms with Crippen molar-refractivity contribution in [2.24, 2.45) is 5.92 Å². The number of nitrogens with one attached hydrogen (secondary N) is 1. The average Bonchev–Trinajstić information content (AvgIpc) is 2.19. The summed E-state index contributed by atoms with van der Waals surface area (Å²) >= 11 is 0. The number of halogens is 3. The van der Waals surface area contributed by atoms with Crippen LogP contribution in [0.15, 0.2) is 18.2 Å². The predicted molar refractivity (Wildman–Crippen MR) is 64.1 cm³/mol. The minimum atomic E-state index is -4.29. The number of aryl methyl sites for hydroxylation is 1. The van der Waals surface area contributed by atoms with Gasteiger partial charge in [-0.3, -0.25) is 0 Å². The van der Waals surface area contributed by atoms with Crippen molar-refractivity contribution in [1.29, 1.82) is 0 Å².